The maximum Gasteiger partial charge on any atom is 0.259 e. The molecule has 35 heavy (non-hydrogen) atoms. The van der Waals surface area contributed by atoms with Crippen LogP contribution in [-0.4, -0.2) is 55.4 Å². The standard InChI is InChI=1S/C26H25N3O6/c1-15-23-18(14-19(20-6-5-11-34-20)27-25(23)35-28-15)26(30)29-9-7-16(8-10-29)24-21(32-3)12-17(31-2)13-22(24)33-4/h5-7,11-14H,8-10H2,1-4H3. The number of pyridine rings is 1. The number of benzene rings is 1. The van der Waals surface area contributed by atoms with Crippen LogP contribution in [0.2, 0.25) is 0 Å². The quantitative estimate of drug-likeness (QED) is 0.394. The summed E-state index contributed by atoms with van der Waals surface area (Å²) in [6.07, 6.45) is 4.22. The van der Waals surface area contributed by atoms with Gasteiger partial charge in [-0.3, -0.25) is 4.79 Å². The number of fused-ring (bicyclic) bond motifs is 1. The average molecular weight is 476 g/mol. The molecule has 4 aromatic rings. The van der Waals surface area contributed by atoms with Crippen LogP contribution in [0.3, 0.4) is 0 Å². The van der Waals surface area contributed by atoms with Crippen molar-refractivity contribution in [3.63, 3.8) is 0 Å². The average Bonchev–Trinajstić information content (AvgIpc) is 3.57. The number of nitrogens with zero attached hydrogens (tertiary/aromatic N) is 3. The summed E-state index contributed by atoms with van der Waals surface area (Å²) in [5.41, 5.74) is 3.83. The molecule has 3 aromatic heterocycles. The summed E-state index contributed by atoms with van der Waals surface area (Å²) in [4.78, 5) is 19.9. The molecule has 1 aromatic carbocycles. The van der Waals surface area contributed by atoms with Crippen LogP contribution < -0.4 is 14.2 Å². The van der Waals surface area contributed by atoms with Crippen molar-refractivity contribution >= 4 is 22.6 Å². The van der Waals surface area contributed by atoms with E-state index in [4.69, 9.17) is 23.2 Å². The Labute approximate surface area is 201 Å². The lowest BCUT2D eigenvalue weighted by Crippen LogP contribution is -2.35. The van der Waals surface area contributed by atoms with Crippen molar-refractivity contribution in [3.05, 3.63) is 59.5 Å². The maximum atomic E-state index is 13.7. The first-order chi connectivity index (χ1) is 17.0. The number of rotatable bonds is 6. The molecule has 1 aliphatic heterocycles. The Bertz CT molecular complexity index is 1400. The largest absolute Gasteiger partial charge is 0.496 e. The predicted molar refractivity (Wildman–Crippen MR) is 129 cm³/mol. The molecular formula is C26H25N3O6. The molecule has 180 valence electrons. The van der Waals surface area contributed by atoms with Crippen molar-refractivity contribution in [2.24, 2.45) is 0 Å². The molecular weight excluding hydrogens is 450 g/mol. The topological polar surface area (TPSA) is 100 Å². The Morgan fingerprint density at radius 2 is 1.86 bits per heavy atom. The van der Waals surface area contributed by atoms with Gasteiger partial charge >= 0.3 is 0 Å². The molecule has 1 amide bonds. The number of furan rings is 1. The Kier molecular flexibility index (Phi) is 5.90. The first-order valence-corrected chi connectivity index (χ1v) is 11.1. The van der Waals surface area contributed by atoms with E-state index in [1.807, 2.05) is 18.2 Å². The lowest BCUT2D eigenvalue weighted by atomic mass is 9.96. The molecule has 0 N–H and O–H groups in total. The fraction of sp³-hybridized carbons (Fsp3) is 0.269. The smallest absolute Gasteiger partial charge is 0.259 e. The predicted octanol–water partition coefficient (Wildman–Crippen LogP) is 4.75. The molecule has 5 rings (SSSR count). The Hall–Kier alpha value is -4.27. The Morgan fingerprint density at radius 3 is 2.46 bits per heavy atom. The molecule has 0 aliphatic carbocycles. The number of hydrogen-bond donors (Lipinski definition) is 0. The zero-order chi connectivity index (χ0) is 24.5. The van der Waals surface area contributed by atoms with E-state index in [9.17, 15) is 4.79 Å². The molecule has 0 spiro atoms. The first kappa shape index (κ1) is 22.5. The molecule has 4 heterocycles. The van der Waals surface area contributed by atoms with Crippen LogP contribution in [0.4, 0.5) is 0 Å². The van der Waals surface area contributed by atoms with Crippen molar-refractivity contribution in [2.45, 2.75) is 13.3 Å². The van der Waals surface area contributed by atoms with Gasteiger partial charge in [0.05, 0.1) is 49.8 Å². The zero-order valence-corrected chi connectivity index (χ0v) is 20.0. The summed E-state index contributed by atoms with van der Waals surface area (Å²) in [5, 5.41) is 4.63. The highest BCUT2D eigenvalue weighted by molar-refractivity contribution is 6.07. The lowest BCUT2D eigenvalue weighted by Gasteiger charge is -2.28. The summed E-state index contributed by atoms with van der Waals surface area (Å²) < 4.78 is 27.5. The van der Waals surface area contributed by atoms with Gasteiger partial charge in [0.25, 0.3) is 11.6 Å². The van der Waals surface area contributed by atoms with E-state index in [-0.39, 0.29) is 5.91 Å². The van der Waals surface area contributed by atoms with Crippen molar-refractivity contribution in [2.75, 3.05) is 34.4 Å². The van der Waals surface area contributed by atoms with Gasteiger partial charge in [-0.15, -0.1) is 0 Å². The van der Waals surface area contributed by atoms with E-state index < -0.39 is 0 Å². The van der Waals surface area contributed by atoms with E-state index in [2.05, 4.69) is 10.1 Å². The maximum absolute atomic E-state index is 13.7. The number of amides is 1. The highest BCUT2D eigenvalue weighted by atomic mass is 16.5. The van der Waals surface area contributed by atoms with Crippen LogP contribution >= 0.6 is 0 Å². The van der Waals surface area contributed by atoms with Crippen molar-refractivity contribution in [3.8, 4) is 28.7 Å². The normalized spacial score (nSPS) is 13.6. The molecule has 1 aliphatic rings. The van der Waals surface area contributed by atoms with Gasteiger partial charge in [0, 0.05) is 25.2 Å². The first-order valence-electron chi connectivity index (χ1n) is 11.1. The molecule has 0 unspecified atom stereocenters. The number of hydrogen-bond acceptors (Lipinski definition) is 8. The lowest BCUT2D eigenvalue weighted by molar-refractivity contribution is 0.0774. The van der Waals surface area contributed by atoms with Gasteiger partial charge < -0.3 is 28.1 Å². The van der Waals surface area contributed by atoms with Crippen molar-refractivity contribution in [1.29, 1.82) is 0 Å². The molecule has 0 radical (unpaired) electrons. The SMILES string of the molecule is COc1cc(OC)c(C2=CCN(C(=O)c3cc(-c4ccco4)nc4onc(C)c34)CC2)c(OC)c1. The second kappa shape index (κ2) is 9.17. The van der Waals surface area contributed by atoms with E-state index in [1.165, 1.54) is 0 Å². The van der Waals surface area contributed by atoms with Crippen molar-refractivity contribution in [1.82, 2.24) is 15.0 Å². The van der Waals surface area contributed by atoms with Gasteiger partial charge in [0.2, 0.25) is 0 Å². The number of carbonyl (C=O) groups excluding carboxylic acids is 1. The van der Waals surface area contributed by atoms with Gasteiger partial charge in [0.1, 0.15) is 22.9 Å². The van der Waals surface area contributed by atoms with Crippen LogP contribution in [-0.2, 0) is 0 Å². The van der Waals surface area contributed by atoms with Gasteiger partial charge in [-0.2, -0.15) is 0 Å². The number of aryl methyl sites for hydroxylation is 1. The molecule has 9 heteroatoms. The summed E-state index contributed by atoms with van der Waals surface area (Å²) in [5.74, 6) is 2.39. The number of ether oxygens (including phenoxy) is 3. The molecule has 0 atom stereocenters. The third-order valence-electron chi connectivity index (χ3n) is 6.15. The fourth-order valence-corrected chi connectivity index (χ4v) is 4.39. The van der Waals surface area contributed by atoms with Crippen LogP contribution in [0.15, 0.2) is 51.6 Å². The Morgan fingerprint density at radius 1 is 1.09 bits per heavy atom. The molecule has 0 fully saturated rings. The highest BCUT2D eigenvalue weighted by Gasteiger charge is 2.27. The summed E-state index contributed by atoms with van der Waals surface area (Å²) in [7, 11) is 4.83. The fourth-order valence-electron chi connectivity index (χ4n) is 4.39. The van der Waals surface area contributed by atoms with E-state index in [0.29, 0.717) is 70.6 Å². The second-order valence-corrected chi connectivity index (χ2v) is 8.12. The monoisotopic (exact) mass is 475 g/mol. The third kappa shape index (κ3) is 3.99. The van der Waals surface area contributed by atoms with E-state index in [1.54, 1.807) is 57.6 Å². The van der Waals surface area contributed by atoms with Crippen LogP contribution in [0.1, 0.15) is 28.0 Å². The third-order valence-corrected chi connectivity index (χ3v) is 6.15. The Balaban J connectivity index is 1.48. The van der Waals surface area contributed by atoms with Crippen LogP contribution in [0.5, 0.6) is 17.2 Å². The number of methoxy groups -OCH3 is 3. The highest BCUT2D eigenvalue weighted by Crippen LogP contribution is 2.41. The minimum Gasteiger partial charge on any atom is -0.496 e. The van der Waals surface area contributed by atoms with Crippen LogP contribution in [0, 0.1) is 6.92 Å². The number of carbonyl (C=O) groups is 1. The number of aromatic nitrogens is 2. The minimum absolute atomic E-state index is 0.125. The van der Waals surface area contributed by atoms with Crippen LogP contribution in [0.25, 0.3) is 28.1 Å². The van der Waals surface area contributed by atoms with Gasteiger partial charge in [0.15, 0.2) is 5.76 Å². The molecule has 0 saturated carbocycles. The molecule has 9 nitrogen and oxygen atoms in total. The summed E-state index contributed by atoms with van der Waals surface area (Å²) >= 11 is 0. The summed E-state index contributed by atoms with van der Waals surface area (Å²) in [6.45, 7) is 2.75. The molecule has 0 bridgehead atoms. The second-order valence-electron chi connectivity index (χ2n) is 8.12. The van der Waals surface area contributed by atoms with E-state index in [0.717, 1.165) is 11.1 Å². The van der Waals surface area contributed by atoms with Gasteiger partial charge in [-0.1, -0.05) is 11.2 Å². The molecule has 0 saturated heterocycles. The summed E-state index contributed by atoms with van der Waals surface area (Å²) in [6, 6.07) is 8.95. The van der Waals surface area contributed by atoms with E-state index >= 15 is 0 Å². The van der Waals surface area contributed by atoms with Gasteiger partial charge in [-0.25, -0.2) is 4.98 Å². The minimum atomic E-state index is -0.125. The van der Waals surface area contributed by atoms with Crippen molar-refractivity contribution < 1.29 is 27.9 Å². The zero-order valence-electron chi connectivity index (χ0n) is 20.0. The van der Waals surface area contributed by atoms with Gasteiger partial charge in [-0.05, 0) is 37.1 Å².